The molecule has 0 fully saturated rings. The van der Waals surface area contributed by atoms with E-state index in [4.69, 9.17) is 10.1 Å². The summed E-state index contributed by atoms with van der Waals surface area (Å²) < 4.78 is 57.4. The first-order valence-electron chi connectivity index (χ1n) is 18.0. The number of nitrogens with zero attached hydrogens (tertiary/aromatic N) is 7. The number of rotatable bonds is 19. The molecule has 14 nitrogen and oxygen atoms in total. The molecule has 0 aliphatic carbocycles. The zero-order chi connectivity index (χ0) is 43.6. The average Bonchev–Trinajstić information content (AvgIpc) is 3.77. The Bertz CT molecular complexity index is 2180. The van der Waals surface area contributed by atoms with Gasteiger partial charge in [0.1, 0.15) is 11.4 Å². The van der Waals surface area contributed by atoms with E-state index in [9.17, 15) is 27.6 Å². The fourth-order valence-corrected chi connectivity index (χ4v) is 5.05. The second-order valence-electron chi connectivity index (χ2n) is 12.0. The first-order valence-corrected chi connectivity index (χ1v) is 18.4. The van der Waals surface area contributed by atoms with Crippen molar-refractivity contribution in [2.75, 3.05) is 6.61 Å². The third kappa shape index (κ3) is 18.1. The van der Waals surface area contributed by atoms with Gasteiger partial charge in [-0.15, -0.1) is 0 Å². The van der Waals surface area contributed by atoms with E-state index in [1.54, 1.807) is 79.2 Å². The number of halogens is 3. The summed E-state index contributed by atoms with van der Waals surface area (Å²) in [7, 11) is 0. The van der Waals surface area contributed by atoms with Gasteiger partial charge in [0.05, 0.1) is 53.9 Å². The molecule has 0 saturated heterocycles. The van der Waals surface area contributed by atoms with Gasteiger partial charge in [-0.05, 0) is 95.8 Å². The Labute approximate surface area is 367 Å². The summed E-state index contributed by atoms with van der Waals surface area (Å²) in [4.78, 5) is 48.6. The maximum absolute atomic E-state index is 12.6. The maximum atomic E-state index is 12.6. The zero-order valence-electron chi connectivity index (χ0n) is 32.6. The molecule has 0 bridgehead atoms. The first-order chi connectivity index (χ1) is 29.1. The van der Waals surface area contributed by atoms with E-state index in [0.717, 1.165) is 42.9 Å². The van der Waals surface area contributed by atoms with Gasteiger partial charge in [0.15, 0.2) is 0 Å². The summed E-state index contributed by atoms with van der Waals surface area (Å²) in [5.41, 5.74) is 3.77. The number of unbranched alkanes of at least 4 members (excludes halogenated alkanes) is 1. The molecule has 5 heterocycles. The number of alkyl halides is 3. The number of ether oxygens (including phenoxy) is 4. The Hall–Kier alpha value is -6.55. The van der Waals surface area contributed by atoms with E-state index in [1.165, 1.54) is 30.1 Å². The van der Waals surface area contributed by atoms with Crippen LogP contribution in [0.5, 0.6) is 5.75 Å². The molecule has 1 atom stereocenters. The number of carbonyl (C=O) groups excluding carboxylic acids is 3. The normalized spacial score (nSPS) is 11.2. The van der Waals surface area contributed by atoms with Gasteiger partial charge in [0, 0.05) is 24.7 Å². The predicted molar refractivity (Wildman–Crippen MR) is 220 cm³/mol. The van der Waals surface area contributed by atoms with Gasteiger partial charge in [-0.25, -0.2) is 4.98 Å². The smallest absolute Gasteiger partial charge is 0.753 e. The molecule has 318 valence electrons. The third-order valence-corrected chi connectivity index (χ3v) is 7.98. The minimum absolute atomic E-state index is 0. The monoisotopic (exact) mass is 943 g/mol. The topological polar surface area (TPSA) is 189 Å². The Morgan fingerprint density at radius 2 is 1.25 bits per heavy atom. The van der Waals surface area contributed by atoms with E-state index in [1.807, 2.05) is 0 Å². The molecule has 5 aromatic rings. The van der Waals surface area contributed by atoms with E-state index in [-0.39, 0.29) is 25.2 Å². The van der Waals surface area contributed by atoms with Crippen molar-refractivity contribution in [1.29, 1.82) is 0 Å². The molecule has 1 unspecified atom stereocenters. The molecular weight excluding hydrogens is 905 g/mol. The number of pyridine rings is 4. The van der Waals surface area contributed by atoms with E-state index in [2.05, 4.69) is 70.4 Å². The fraction of sp³-hybridized carbons (Fsp3) is 0.214. The molecule has 61 heavy (non-hydrogen) atoms. The average molecular weight is 943 g/mol. The van der Waals surface area contributed by atoms with Crippen LogP contribution in [0.2, 0.25) is 0 Å². The van der Waals surface area contributed by atoms with Gasteiger partial charge >= 0.3 is 25.7 Å². The zero-order valence-corrected chi connectivity index (χ0v) is 35.2. The van der Waals surface area contributed by atoms with Crippen LogP contribution in [0.3, 0.4) is 0 Å². The van der Waals surface area contributed by atoms with E-state index < -0.39 is 11.9 Å². The van der Waals surface area contributed by atoms with Gasteiger partial charge in [-0.3, -0.25) is 29.3 Å². The van der Waals surface area contributed by atoms with Crippen molar-refractivity contribution in [3.05, 3.63) is 120 Å². The van der Waals surface area contributed by atoms with Crippen molar-refractivity contribution < 1.29 is 66.0 Å². The summed E-state index contributed by atoms with van der Waals surface area (Å²) in [6, 6.07) is 14.8. The molecule has 0 spiro atoms. The minimum atomic E-state index is -4.51. The van der Waals surface area contributed by atoms with Gasteiger partial charge in [-0.1, -0.05) is 51.0 Å². The van der Waals surface area contributed by atoms with Crippen LogP contribution in [-0.4, -0.2) is 56.2 Å². The van der Waals surface area contributed by atoms with Crippen molar-refractivity contribution in [1.82, 2.24) is 30.1 Å². The summed E-state index contributed by atoms with van der Waals surface area (Å²) in [6.07, 6.45) is 13.2. The fourth-order valence-electron chi connectivity index (χ4n) is 5.05. The molecule has 0 aromatic carbocycles. The SMILES string of the molecule is CCCCC(CC)COc1ccnc(-c2cc(C(F)(F)F)n[n-]2)c1.O=CO/C=C/c1ccnc(-c2cc(/C=C/OC=O)cc(-c3cc(/C=C/OC=O)ccn3)n2)c1.[N-]=C=S.[Ru+2]. The van der Waals surface area contributed by atoms with Crippen LogP contribution in [0.15, 0.2) is 92.0 Å². The Morgan fingerprint density at radius 1 is 0.754 bits per heavy atom. The summed E-state index contributed by atoms with van der Waals surface area (Å²) >= 11 is 3.70. The first kappa shape index (κ1) is 50.6. The number of thiocarbonyl (C=S) groups is 1. The Kier molecular flexibility index (Phi) is 23.2. The van der Waals surface area contributed by atoms with Gasteiger partial charge < -0.3 is 34.6 Å². The molecule has 0 saturated carbocycles. The maximum Gasteiger partial charge on any atom is 2.00 e. The summed E-state index contributed by atoms with van der Waals surface area (Å²) in [6.45, 7) is 5.83. The number of hydrogen-bond donors (Lipinski definition) is 0. The van der Waals surface area contributed by atoms with Crippen LogP contribution >= 0.6 is 12.2 Å². The van der Waals surface area contributed by atoms with Crippen molar-refractivity contribution in [3.8, 4) is 39.9 Å². The molecule has 5 aromatic heterocycles. The van der Waals surface area contributed by atoms with Crippen LogP contribution in [0.25, 0.3) is 57.8 Å². The molecular formula is C42H38F3N7O7RuS. The predicted octanol–water partition coefficient (Wildman–Crippen LogP) is 9.01. The van der Waals surface area contributed by atoms with Crippen LogP contribution in [0.4, 0.5) is 13.2 Å². The van der Waals surface area contributed by atoms with Crippen LogP contribution in [0, 0.1) is 5.92 Å². The van der Waals surface area contributed by atoms with Gasteiger partial charge in [-0.2, -0.15) is 18.3 Å². The second kappa shape index (κ2) is 28.0. The van der Waals surface area contributed by atoms with E-state index in [0.29, 0.717) is 71.7 Å². The van der Waals surface area contributed by atoms with Crippen LogP contribution in [-0.2, 0) is 54.2 Å². The summed E-state index contributed by atoms with van der Waals surface area (Å²) in [5.74, 6) is 1.05. The van der Waals surface area contributed by atoms with Gasteiger partial charge in [0.25, 0.3) is 19.4 Å². The third-order valence-electron chi connectivity index (χ3n) is 7.98. The molecule has 0 aliphatic heterocycles. The largest absolute Gasteiger partial charge is 2.00 e. The second-order valence-corrected chi connectivity index (χ2v) is 12.2. The molecule has 5 rings (SSSR count). The molecule has 0 aliphatic rings. The molecule has 0 radical (unpaired) electrons. The number of carbonyl (C=O) groups is 3. The number of isothiocyanates is 1. The Balaban J connectivity index is 0.000000405. The standard InChI is InChI=1S/C24H17N3O6.C17H21F3N3O.CNS.Ru/c28-15-31-8-3-18-1-6-25-21(11-18)23-13-20(5-10-33-17-30)14-24(27-23)22-12-19(2-7-26-22)4-9-32-16-29;1-3-5-6-12(4-2)11-24-13-7-8-21-14(9-13)15-10-16(23-22-15)17(18,19)20;2-1-3;/h1-17H;7-10,12H,3-6,11H2,1-2H3;;/q;2*-1;+2/b8-3+,9-4+,10-5+;;;. The van der Waals surface area contributed by atoms with Crippen molar-refractivity contribution >= 4 is 55.0 Å². The minimum Gasteiger partial charge on any atom is -0.753 e. The molecule has 0 N–H and O–H groups in total. The van der Waals surface area contributed by atoms with Crippen LogP contribution < -0.4 is 9.84 Å². The summed E-state index contributed by atoms with van der Waals surface area (Å²) in [5, 5.41) is 15.2. The number of aromatic nitrogens is 6. The van der Waals surface area contributed by atoms with Gasteiger partial charge in [0.2, 0.25) is 0 Å². The van der Waals surface area contributed by atoms with Crippen molar-refractivity contribution in [3.63, 3.8) is 0 Å². The molecule has 19 heteroatoms. The van der Waals surface area contributed by atoms with Crippen molar-refractivity contribution in [2.24, 2.45) is 5.92 Å². The van der Waals surface area contributed by atoms with E-state index >= 15 is 0 Å². The quantitative estimate of drug-likeness (QED) is 0.0190. The molecule has 0 amide bonds. The Morgan fingerprint density at radius 3 is 1.72 bits per heavy atom. The van der Waals surface area contributed by atoms with Crippen molar-refractivity contribution in [2.45, 2.75) is 45.7 Å². The number of hydrogen-bond acceptors (Lipinski definition) is 13. The van der Waals surface area contributed by atoms with Crippen LogP contribution in [0.1, 0.15) is 61.9 Å².